The zero-order valence-corrected chi connectivity index (χ0v) is 19.9. The van der Waals surface area contributed by atoms with Gasteiger partial charge in [0.15, 0.2) is 0 Å². The Morgan fingerprint density at radius 3 is 2.72 bits per heavy atom. The first-order valence-corrected chi connectivity index (χ1v) is 12.3. The SMILES string of the molecule is COc1cccc(OCC2c3ccsc3CCN2C(=O)CN(C(=O)CC(C)C)C2CC2)c1. The van der Waals surface area contributed by atoms with Gasteiger partial charge in [0.25, 0.3) is 0 Å². The summed E-state index contributed by atoms with van der Waals surface area (Å²) in [5, 5.41) is 2.08. The summed E-state index contributed by atoms with van der Waals surface area (Å²) >= 11 is 1.73. The summed E-state index contributed by atoms with van der Waals surface area (Å²) in [6.45, 7) is 5.26. The number of fused-ring (bicyclic) bond motifs is 1. The average molecular weight is 457 g/mol. The molecule has 6 nitrogen and oxygen atoms in total. The molecule has 7 heteroatoms. The molecule has 0 spiro atoms. The van der Waals surface area contributed by atoms with Crippen molar-refractivity contribution >= 4 is 23.2 Å². The van der Waals surface area contributed by atoms with Gasteiger partial charge in [-0.3, -0.25) is 9.59 Å². The minimum Gasteiger partial charge on any atom is -0.497 e. The monoisotopic (exact) mass is 456 g/mol. The van der Waals surface area contributed by atoms with Crippen LogP contribution in [0, 0.1) is 5.92 Å². The average Bonchev–Trinajstić information content (AvgIpc) is 3.50. The van der Waals surface area contributed by atoms with Crippen molar-refractivity contribution in [2.75, 3.05) is 26.8 Å². The maximum atomic E-state index is 13.4. The zero-order chi connectivity index (χ0) is 22.7. The van der Waals surface area contributed by atoms with Crippen LogP contribution < -0.4 is 9.47 Å². The van der Waals surface area contributed by atoms with Gasteiger partial charge in [-0.25, -0.2) is 0 Å². The Bertz CT molecular complexity index is 953. The molecule has 2 aromatic rings. The van der Waals surface area contributed by atoms with Crippen LogP contribution in [0.3, 0.4) is 0 Å². The molecule has 1 saturated carbocycles. The van der Waals surface area contributed by atoms with Gasteiger partial charge in [0.05, 0.1) is 13.2 Å². The van der Waals surface area contributed by atoms with E-state index in [0.717, 1.165) is 30.6 Å². The fourth-order valence-electron chi connectivity index (χ4n) is 4.25. The Morgan fingerprint density at radius 1 is 1.22 bits per heavy atom. The molecule has 0 N–H and O–H groups in total. The van der Waals surface area contributed by atoms with Gasteiger partial charge in [-0.1, -0.05) is 19.9 Å². The maximum Gasteiger partial charge on any atom is 0.242 e. The van der Waals surface area contributed by atoms with Crippen molar-refractivity contribution in [1.82, 2.24) is 9.80 Å². The molecule has 2 amide bonds. The smallest absolute Gasteiger partial charge is 0.242 e. The Balaban J connectivity index is 1.49. The molecule has 32 heavy (non-hydrogen) atoms. The third kappa shape index (κ3) is 5.26. The molecule has 1 fully saturated rings. The second-order valence-electron chi connectivity index (χ2n) is 8.99. The topological polar surface area (TPSA) is 59.1 Å². The van der Waals surface area contributed by atoms with E-state index in [9.17, 15) is 9.59 Å². The highest BCUT2D eigenvalue weighted by Gasteiger charge is 2.37. The molecule has 1 aliphatic heterocycles. The standard InChI is InChI=1S/C25H32N2O4S/c1-17(2)13-24(28)27(18-7-8-18)15-25(29)26-11-9-23-21(10-12-32-23)22(26)16-31-20-6-4-5-19(14-20)30-3/h4-6,10,12,14,17-18,22H,7-9,11,13,15-16H2,1-3H3. The number of carbonyl (C=O) groups is 2. The molecule has 0 saturated heterocycles. The second-order valence-corrected chi connectivity index (χ2v) is 9.99. The molecule has 172 valence electrons. The summed E-state index contributed by atoms with van der Waals surface area (Å²) in [5.41, 5.74) is 1.16. The van der Waals surface area contributed by atoms with Crippen LogP contribution in [0.1, 0.15) is 49.6 Å². The maximum absolute atomic E-state index is 13.4. The number of amides is 2. The number of hydrogen-bond donors (Lipinski definition) is 0. The highest BCUT2D eigenvalue weighted by atomic mass is 32.1. The number of thiophene rings is 1. The first kappa shape index (κ1) is 22.6. The van der Waals surface area contributed by atoms with Crippen LogP contribution in [-0.2, 0) is 16.0 Å². The van der Waals surface area contributed by atoms with Crippen LogP contribution in [0.5, 0.6) is 11.5 Å². The lowest BCUT2D eigenvalue weighted by Crippen LogP contribution is -2.48. The van der Waals surface area contributed by atoms with Crippen LogP contribution >= 0.6 is 11.3 Å². The number of nitrogens with zero attached hydrogens (tertiary/aromatic N) is 2. The van der Waals surface area contributed by atoms with E-state index < -0.39 is 0 Å². The summed E-state index contributed by atoms with van der Waals surface area (Å²) < 4.78 is 11.4. The number of rotatable bonds is 9. The summed E-state index contributed by atoms with van der Waals surface area (Å²) in [5.74, 6) is 1.83. The number of hydrogen-bond acceptors (Lipinski definition) is 5. The molecule has 1 aliphatic carbocycles. The van der Waals surface area contributed by atoms with Crippen molar-refractivity contribution in [2.45, 2.75) is 51.6 Å². The number of carbonyl (C=O) groups excluding carboxylic acids is 2. The highest BCUT2D eigenvalue weighted by molar-refractivity contribution is 7.10. The fraction of sp³-hybridized carbons (Fsp3) is 0.520. The molecule has 1 atom stereocenters. The zero-order valence-electron chi connectivity index (χ0n) is 19.1. The molecule has 1 aromatic carbocycles. The molecular weight excluding hydrogens is 424 g/mol. The third-order valence-corrected chi connectivity index (χ3v) is 7.06. The van der Waals surface area contributed by atoms with Crippen molar-refractivity contribution in [3.8, 4) is 11.5 Å². The molecular formula is C25H32N2O4S. The van der Waals surface area contributed by atoms with E-state index in [1.54, 1.807) is 18.4 Å². The van der Waals surface area contributed by atoms with Crippen LogP contribution in [-0.4, -0.2) is 54.5 Å². The first-order chi connectivity index (χ1) is 15.5. The van der Waals surface area contributed by atoms with Crippen LogP contribution in [0.25, 0.3) is 0 Å². The van der Waals surface area contributed by atoms with Crippen molar-refractivity contribution in [3.63, 3.8) is 0 Å². The van der Waals surface area contributed by atoms with Gasteiger partial charge in [0.1, 0.15) is 24.7 Å². The summed E-state index contributed by atoms with van der Waals surface area (Å²) in [6.07, 6.45) is 3.32. The largest absolute Gasteiger partial charge is 0.497 e. The van der Waals surface area contributed by atoms with E-state index in [1.807, 2.05) is 47.9 Å². The lowest BCUT2D eigenvalue weighted by atomic mass is 10.00. The molecule has 1 aromatic heterocycles. The van der Waals surface area contributed by atoms with Crippen molar-refractivity contribution < 1.29 is 19.1 Å². The quantitative estimate of drug-likeness (QED) is 0.565. The summed E-state index contributed by atoms with van der Waals surface area (Å²) in [4.78, 5) is 31.3. The molecule has 2 heterocycles. The van der Waals surface area contributed by atoms with Gasteiger partial charge < -0.3 is 19.3 Å². The summed E-state index contributed by atoms with van der Waals surface area (Å²) in [6, 6.07) is 9.67. The molecule has 4 rings (SSSR count). The van der Waals surface area contributed by atoms with Crippen LogP contribution in [0.15, 0.2) is 35.7 Å². The van der Waals surface area contributed by atoms with E-state index >= 15 is 0 Å². The van der Waals surface area contributed by atoms with Crippen LogP contribution in [0.4, 0.5) is 0 Å². The van der Waals surface area contributed by atoms with Crippen molar-refractivity contribution in [1.29, 1.82) is 0 Å². The Kier molecular flexibility index (Phi) is 7.04. The Labute approximate surface area is 194 Å². The van der Waals surface area contributed by atoms with Gasteiger partial charge in [0.2, 0.25) is 11.8 Å². The first-order valence-electron chi connectivity index (χ1n) is 11.4. The van der Waals surface area contributed by atoms with Gasteiger partial charge in [-0.2, -0.15) is 0 Å². The minimum absolute atomic E-state index is 0.00472. The lowest BCUT2D eigenvalue weighted by molar-refractivity contribution is -0.143. The predicted octanol–water partition coefficient (Wildman–Crippen LogP) is 4.30. The molecule has 0 bridgehead atoms. The number of benzene rings is 1. The van der Waals surface area contributed by atoms with E-state index in [1.165, 1.54) is 4.88 Å². The highest BCUT2D eigenvalue weighted by Crippen LogP contribution is 2.35. The molecule has 2 aliphatic rings. The normalized spacial score (nSPS) is 17.8. The Morgan fingerprint density at radius 2 is 2.00 bits per heavy atom. The lowest BCUT2D eigenvalue weighted by Gasteiger charge is -2.37. The third-order valence-electron chi connectivity index (χ3n) is 6.06. The van der Waals surface area contributed by atoms with E-state index in [-0.39, 0.29) is 36.4 Å². The number of ether oxygens (including phenoxy) is 2. The predicted molar refractivity (Wildman–Crippen MR) is 125 cm³/mol. The van der Waals surface area contributed by atoms with E-state index in [4.69, 9.17) is 9.47 Å². The van der Waals surface area contributed by atoms with E-state index in [2.05, 4.69) is 11.4 Å². The van der Waals surface area contributed by atoms with Crippen molar-refractivity contribution in [2.24, 2.45) is 5.92 Å². The van der Waals surface area contributed by atoms with Gasteiger partial charge in [-0.05, 0) is 54.3 Å². The van der Waals surface area contributed by atoms with Crippen LogP contribution in [0.2, 0.25) is 0 Å². The summed E-state index contributed by atoms with van der Waals surface area (Å²) in [7, 11) is 1.63. The minimum atomic E-state index is -0.162. The van der Waals surface area contributed by atoms with Crippen molar-refractivity contribution in [3.05, 3.63) is 46.2 Å². The van der Waals surface area contributed by atoms with Gasteiger partial charge in [-0.15, -0.1) is 11.3 Å². The molecule has 0 radical (unpaired) electrons. The van der Waals surface area contributed by atoms with E-state index in [0.29, 0.717) is 25.3 Å². The van der Waals surface area contributed by atoms with Gasteiger partial charge in [0, 0.05) is 30.0 Å². The fourth-order valence-corrected chi connectivity index (χ4v) is 5.18. The number of methoxy groups -OCH3 is 1. The molecule has 1 unspecified atom stereocenters. The second kappa shape index (κ2) is 9.94. The Hall–Kier alpha value is -2.54. The van der Waals surface area contributed by atoms with Gasteiger partial charge >= 0.3 is 0 Å².